The number of fused-ring (bicyclic) bond motifs is 1. The molecule has 0 saturated heterocycles. The molecule has 2 aromatic rings. The molecule has 10 heteroatoms. The number of Topliss-reactive ketones (excluding diaryl/α,β-unsaturated/α-hetero) is 1. The Bertz CT molecular complexity index is 1150. The Labute approximate surface area is 185 Å². The molecule has 1 heterocycles. The molecule has 0 unspecified atom stereocenters. The lowest BCUT2D eigenvalue weighted by atomic mass is 9.91. The van der Waals surface area contributed by atoms with Crippen molar-refractivity contribution < 1.29 is 37.1 Å². The van der Waals surface area contributed by atoms with Gasteiger partial charge in [0.05, 0.1) is 33.0 Å². The highest BCUT2D eigenvalue weighted by molar-refractivity contribution is 6.40. The molecule has 0 bridgehead atoms. The molecule has 0 N–H and O–H groups in total. The van der Waals surface area contributed by atoms with Gasteiger partial charge in [-0.2, -0.15) is 13.2 Å². The summed E-state index contributed by atoms with van der Waals surface area (Å²) in [7, 11) is 0. The van der Waals surface area contributed by atoms with Crippen LogP contribution in [0.2, 0.25) is 5.02 Å². The predicted molar refractivity (Wildman–Crippen MR) is 109 cm³/mol. The second-order valence-electron chi connectivity index (χ2n) is 8.12. The van der Waals surface area contributed by atoms with Gasteiger partial charge < -0.3 is 4.74 Å². The van der Waals surface area contributed by atoms with Gasteiger partial charge in [0, 0.05) is 5.41 Å². The van der Waals surface area contributed by atoms with Crippen LogP contribution in [0.4, 0.5) is 18.9 Å². The maximum absolute atomic E-state index is 13.1. The van der Waals surface area contributed by atoms with E-state index in [2.05, 4.69) is 0 Å². The standard InChI is InChI=1S/C22H17ClF3NO5/c1-21(2,3)17(28)10-32-20(31)11-4-6-13-14(8-11)19(30)27(18(13)29)16-9-12(22(24,25)26)5-7-15(16)23/h4-9H,10H2,1-3H3. The molecule has 2 aromatic carbocycles. The third-order valence-electron chi connectivity index (χ3n) is 4.81. The van der Waals surface area contributed by atoms with Gasteiger partial charge >= 0.3 is 12.1 Å². The van der Waals surface area contributed by atoms with E-state index >= 15 is 0 Å². The molecule has 1 aliphatic heterocycles. The molecule has 1 aliphatic rings. The van der Waals surface area contributed by atoms with Crippen molar-refractivity contribution in [1.82, 2.24) is 0 Å². The average molecular weight is 468 g/mol. The third-order valence-corrected chi connectivity index (χ3v) is 5.13. The van der Waals surface area contributed by atoms with Crippen LogP contribution in [0, 0.1) is 5.41 Å². The van der Waals surface area contributed by atoms with Gasteiger partial charge in [0.15, 0.2) is 12.4 Å². The molecular formula is C22H17ClF3NO5. The van der Waals surface area contributed by atoms with Crippen molar-refractivity contribution in [3.63, 3.8) is 0 Å². The first kappa shape index (κ1) is 23.5. The number of esters is 1. The number of ether oxygens (including phenoxy) is 1. The number of imide groups is 1. The highest BCUT2D eigenvalue weighted by Gasteiger charge is 2.40. The number of ketones is 1. The minimum atomic E-state index is -4.71. The normalized spacial score (nSPS) is 13.9. The van der Waals surface area contributed by atoms with Crippen molar-refractivity contribution in [1.29, 1.82) is 0 Å². The zero-order valence-electron chi connectivity index (χ0n) is 17.2. The summed E-state index contributed by atoms with van der Waals surface area (Å²) >= 11 is 5.97. The monoisotopic (exact) mass is 467 g/mol. The largest absolute Gasteiger partial charge is 0.454 e. The lowest BCUT2D eigenvalue weighted by molar-refractivity contribution is -0.137. The molecule has 0 radical (unpaired) electrons. The molecule has 0 aliphatic carbocycles. The molecule has 0 fully saturated rings. The quantitative estimate of drug-likeness (QED) is 0.470. The number of hydrogen-bond acceptors (Lipinski definition) is 5. The summed E-state index contributed by atoms with van der Waals surface area (Å²) < 4.78 is 44.2. The first-order chi connectivity index (χ1) is 14.7. The van der Waals surface area contributed by atoms with Gasteiger partial charge in [-0.05, 0) is 36.4 Å². The first-order valence-electron chi connectivity index (χ1n) is 9.32. The number of nitrogens with zero attached hydrogens (tertiary/aromatic N) is 1. The zero-order valence-corrected chi connectivity index (χ0v) is 17.9. The molecule has 0 aromatic heterocycles. The molecule has 32 heavy (non-hydrogen) atoms. The molecule has 3 rings (SSSR count). The molecule has 2 amide bonds. The van der Waals surface area contributed by atoms with Crippen LogP contribution in [-0.4, -0.2) is 30.2 Å². The Hall–Kier alpha value is -3.20. The maximum Gasteiger partial charge on any atom is 0.416 e. The van der Waals surface area contributed by atoms with Gasteiger partial charge in [0.2, 0.25) is 0 Å². The van der Waals surface area contributed by atoms with Crippen LogP contribution < -0.4 is 4.90 Å². The number of carbonyl (C=O) groups excluding carboxylic acids is 4. The van der Waals surface area contributed by atoms with E-state index in [0.29, 0.717) is 11.0 Å². The van der Waals surface area contributed by atoms with E-state index < -0.39 is 47.2 Å². The van der Waals surface area contributed by atoms with Crippen LogP contribution in [0.3, 0.4) is 0 Å². The summed E-state index contributed by atoms with van der Waals surface area (Å²) in [5.41, 5.74) is -2.62. The van der Waals surface area contributed by atoms with Crippen molar-refractivity contribution in [2.24, 2.45) is 5.41 Å². The van der Waals surface area contributed by atoms with Crippen molar-refractivity contribution in [2.45, 2.75) is 26.9 Å². The maximum atomic E-state index is 13.1. The van der Waals surface area contributed by atoms with E-state index in [-0.39, 0.29) is 27.5 Å². The highest BCUT2D eigenvalue weighted by Crippen LogP contribution is 2.38. The number of hydrogen-bond donors (Lipinski definition) is 0. The van der Waals surface area contributed by atoms with E-state index in [0.717, 1.165) is 18.2 Å². The number of alkyl halides is 3. The van der Waals surface area contributed by atoms with E-state index in [1.807, 2.05) is 0 Å². The Balaban J connectivity index is 1.90. The Morgan fingerprint density at radius 2 is 1.59 bits per heavy atom. The van der Waals surface area contributed by atoms with E-state index in [1.165, 1.54) is 12.1 Å². The minimum Gasteiger partial charge on any atom is -0.454 e. The van der Waals surface area contributed by atoms with Gasteiger partial charge in [0.1, 0.15) is 0 Å². The number of rotatable bonds is 4. The van der Waals surface area contributed by atoms with Crippen LogP contribution in [0.5, 0.6) is 0 Å². The second-order valence-corrected chi connectivity index (χ2v) is 8.53. The van der Waals surface area contributed by atoms with Crippen molar-refractivity contribution >= 4 is 40.9 Å². The van der Waals surface area contributed by atoms with Gasteiger partial charge in [-0.1, -0.05) is 32.4 Å². The zero-order chi connectivity index (χ0) is 24.0. The van der Waals surface area contributed by atoms with Gasteiger partial charge in [-0.25, -0.2) is 9.69 Å². The average Bonchev–Trinajstić information content (AvgIpc) is 2.94. The fraction of sp³-hybridized carbons (Fsp3) is 0.273. The highest BCUT2D eigenvalue weighted by atomic mass is 35.5. The summed E-state index contributed by atoms with van der Waals surface area (Å²) in [6, 6.07) is 5.80. The van der Waals surface area contributed by atoms with Gasteiger partial charge in [-0.3, -0.25) is 14.4 Å². The molecule has 6 nitrogen and oxygen atoms in total. The molecule has 0 saturated carbocycles. The number of benzene rings is 2. The topological polar surface area (TPSA) is 80.8 Å². The van der Waals surface area contributed by atoms with Crippen molar-refractivity contribution in [3.8, 4) is 0 Å². The van der Waals surface area contributed by atoms with Gasteiger partial charge in [-0.15, -0.1) is 0 Å². The van der Waals surface area contributed by atoms with Crippen LogP contribution in [0.15, 0.2) is 36.4 Å². The van der Waals surface area contributed by atoms with Crippen molar-refractivity contribution in [2.75, 3.05) is 11.5 Å². The molecule has 0 atom stereocenters. The summed E-state index contributed by atoms with van der Waals surface area (Å²) in [4.78, 5) is 50.3. The second kappa shape index (κ2) is 8.05. The minimum absolute atomic E-state index is 0.0939. The lowest BCUT2D eigenvalue weighted by Gasteiger charge is -2.17. The van der Waals surface area contributed by atoms with Crippen LogP contribution in [-0.2, 0) is 15.7 Å². The number of halogens is 4. The third kappa shape index (κ3) is 4.38. The first-order valence-corrected chi connectivity index (χ1v) is 9.69. The molecule has 0 spiro atoms. The lowest BCUT2D eigenvalue weighted by Crippen LogP contribution is -2.30. The molecule has 168 valence electrons. The molecular weight excluding hydrogens is 451 g/mol. The smallest absolute Gasteiger partial charge is 0.416 e. The number of amides is 2. The number of anilines is 1. The summed E-state index contributed by atoms with van der Waals surface area (Å²) in [5, 5.41) is -0.229. The van der Waals surface area contributed by atoms with Crippen molar-refractivity contribution in [3.05, 3.63) is 63.7 Å². The van der Waals surface area contributed by atoms with Crippen LogP contribution >= 0.6 is 11.6 Å². The Morgan fingerprint density at radius 3 is 2.19 bits per heavy atom. The summed E-state index contributed by atoms with van der Waals surface area (Å²) in [6.07, 6.45) is -4.71. The Morgan fingerprint density at radius 1 is 0.969 bits per heavy atom. The van der Waals surface area contributed by atoms with E-state index in [9.17, 15) is 32.3 Å². The fourth-order valence-corrected chi connectivity index (χ4v) is 3.08. The van der Waals surface area contributed by atoms with E-state index in [4.69, 9.17) is 16.3 Å². The van der Waals surface area contributed by atoms with Gasteiger partial charge in [0.25, 0.3) is 11.8 Å². The summed E-state index contributed by atoms with van der Waals surface area (Å²) in [6.45, 7) is 4.52. The predicted octanol–water partition coefficient (Wildman–Crippen LogP) is 4.93. The fourth-order valence-electron chi connectivity index (χ4n) is 2.88. The number of carbonyl (C=O) groups is 4. The van der Waals surface area contributed by atoms with Crippen LogP contribution in [0.25, 0.3) is 0 Å². The summed E-state index contributed by atoms with van der Waals surface area (Å²) in [5.74, 6) is -3.02. The SMILES string of the molecule is CC(C)(C)C(=O)COC(=O)c1ccc2c(c1)C(=O)N(c1cc(C(F)(F)F)ccc1Cl)C2=O. The Kier molecular flexibility index (Phi) is 5.90. The van der Waals surface area contributed by atoms with Crippen LogP contribution in [0.1, 0.15) is 57.4 Å². The van der Waals surface area contributed by atoms with E-state index in [1.54, 1.807) is 20.8 Å².